The lowest BCUT2D eigenvalue weighted by atomic mass is 10.0. The van der Waals surface area contributed by atoms with Crippen molar-refractivity contribution in [2.24, 2.45) is 0 Å². The summed E-state index contributed by atoms with van der Waals surface area (Å²) in [5.74, 6) is -1.72. The molecule has 1 atom stereocenters. The summed E-state index contributed by atoms with van der Waals surface area (Å²) in [7, 11) is 0. The van der Waals surface area contributed by atoms with Crippen molar-refractivity contribution < 1.29 is 13.6 Å². The molecule has 6 heteroatoms. The van der Waals surface area contributed by atoms with Crippen LogP contribution >= 0.6 is 11.3 Å². The standard InChI is InChI=1S/C16H16F2N2OS/c1-10-12-5-7-22-15(12)4-6-20(10)9-16(21)19-14-3-2-11(17)8-13(14)18/h2-3,5,7-8,10H,4,6,9H2,1H3,(H,19,21)/t10-/m0/s1. The molecule has 2 aromatic rings. The molecule has 1 amide bonds. The monoisotopic (exact) mass is 322 g/mol. The van der Waals surface area contributed by atoms with Crippen LogP contribution in [-0.2, 0) is 11.2 Å². The van der Waals surface area contributed by atoms with Crippen LogP contribution in [0, 0.1) is 11.6 Å². The number of nitrogens with one attached hydrogen (secondary N) is 1. The van der Waals surface area contributed by atoms with Gasteiger partial charge in [0.05, 0.1) is 12.2 Å². The fourth-order valence-electron chi connectivity index (χ4n) is 2.74. The molecule has 0 spiro atoms. The lowest BCUT2D eigenvalue weighted by Crippen LogP contribution is -2.39. The number of rotatable bonds is 3. The number of hydrogen-bond donors (Lipinski definition) is 1. The van der Waals surface area contributed by atoms with Gasteiger partial charge in [-0.15, -0.1) is 11.3 Å². The number of anilines is 1. The quantitative estimate of drug-likeness (QED) is 0.937. The van der Waals surface area contributed by atoms with E-state index in [1.165, 1.54) is 16.5 Å². The van der Waals surface area contributed by atoms with Crippen molar-refractivity contribution in [1.82, 2.24) is 4.90 Å². The van der Waals surface area contributed by atoms with Crippen molar-refractivity contribution in [2.75, 3.05) is 18.4 Å². The maximum Gasteiger partial charge on any atom is 0.238 e. The van der Waals surface area contributed by atoms with Crippen molar-refractivity contribution in [3.05, 3.63) is 51.7 Å². The third kappa shape index (κ3) is 3.03. The number of halogens is 2. The highest BCUT2D eigenvalue weighted by Crippen LogP contribution is 2.32. The average molecular weight is 322 g/mol. The first-order valence-corrected chi connectivity index (χ1v) is 7.98. The number of hydrogen-bond acceptors (Lipinski definition) is 3. The van der Waals surface area contributed by atoms with Gasteiger partial charge in [-0.3, -0.25) is 9.69 Å². The third-order valence-electron chi connectivity index (χ3n) is 3.96. The Morgan fingerprint density at radius 3 is 3.00 bits per heavy atom. The average Bonchev–Trinajstić information content (AvgIpc) is 2.94. The van der Waals surface area contributed by atoms with Crippen molar-refractivity contribution >= 4 is 22.9 Å². The Balaban J connectivity index is 1.65. The van der Waals surface area contributed by atoms with Gasteiger partial charge in [-0.05, 0) is 42.5 Å². The van der Waals surface area contributed by atoms with E-state index >= 15 is 0 Å². The van der Waals surface area contributed by atoms with Gasteiger partial charge in [0.25, 0.3) is 0 Å². The second kappa shape index (κ2) is 6.14. The summed E-state index contributed by atoms with van der Waals surface area (Å²) < 4.78 is 26.4. The van der Waals surface area contributed by atoms with Crippen molar-refractivity contribution in [2.45, 2.75) is 19.4 Å². The maximum atomic E-state index is 13.6. The van der Waals surface area contributed by atoms with Crippen LogP contribution in [0.4, 0.5) is 14.5 Å². The minimum Gasteiger partial charge on any atom is -0.322 e. The SMILES string of the molecule is C[C@H]1c2ccsc2CCN1CC(=O)Nc1ccc(F)cc1F. The zero-order chi connectivity index (χ0) is 15.7. The van der Waals surface area contributed by atoms with Crippen LogP contribution < -0.4 is 5.32 Å². The second-order valence-corrected chi connectivity index (χ2v) is 6.37. The van der Waals surface area contributed by atoms with Gasteiger partial charge >= 0.3 is 0 Å². The predicted molar refractivity (Wildman–Crippen MR) is 83.0 cm³/mol. The number of thiophene rings is 1. The smallest absolute Gasteiger partial charge is 0.238 e. The lowest BCUT2D eigenvalue weighted by molar-refractivity contribution is -0.117. The number of fused-ring (bicyclic) bond motifs is 1. The molecule has 0 unspecified atom stereocenters. The summed E-state index contributed by atoms with van der Waals surface area (Å²) >= 11 is 1.74. The molecule has 1 aliphatic heterocycles. The molecule has 3 nitrogen and oxygen atoms in total. The van der Waals surface area contributed by atoms with Gasteiger partial charge in [0.1, 0.15) is 11.6 Å². The van der Waals surface area contributed by atoms with E-state index in [2.05, 4.69) is 28.6 Å². The first-order valence-electron chi connectivity index (χ1n) is 7.10. The van der Waals surface area contributed by atoms with Crippen molar-refractivity contribution in [3.63, 3.8) is 0 Å². The molecule has 1 N–H and O–H groups in total. The molecule has 22 heavy (non-hydrogen) atoms. The molecule has 0 radical (unpaired) electrons. The second-order valence-electron chi connectivity index (χ2n) is 5.37. The van der Waals surface area contributed by atoms with Crippen LogP contribution in [0.3, 0.4) is 0 Å². The topological polar surface area (TPSA) is 32.3 Å². The summed E-state index contributed by atoms with van der Waals surface area (Å²) in [4.78, 5) is 15.5. The highest BCUT2D eigenvalue weighted by molar-refractivity contribution is 7.10. The summed E-state index contributed by atoms with van der Waals surface area (Å²) in [6.07, 6.45) is 0.926. The zero-order valence-electron chi connectivity index (χ0n) is 12.1. The van der Waals surface area contributed by atoms with Crippen molar-refractivity contribution in [3.8, 4) is 0 Å². The molecule has 0 aliphatic carbocycles. The molecule has 1 aromatic carbocycles. The fraction of sp³-hybridized carbons (Fsp3) is 0.312. The highest BCUT2D eigenvalue weighted by atomic mass is 32.1. The van der Waals surface area contributed by atoms with E-state index in [9.17, 15) is 13.6 Å². The van der Waals surface area contributed by atoms with E-state index in [1.54, 1.807) is 11.3 Å². The molecule has 0 saturated carbocycles. The molecule has 0 saturated heterocycles. The molecule has 3 rings (SSSR count). The lowest BCUT2D eigenvalue weighted by Gasteiger charge is -2.32. The number of carbonyl (C=O) groups is 1. The molecule has 1 aliphatic rings. The molecular weight excluding hydrogens is 306 g/mol. The van der Waals surface area contributed by atoms with Crippen LogP contribution in [0.1, 0.15) is 23.4 Å². The molecule has 1 aromatic heterocycles. The fourth-order valence-corrected chi connectivity index (χ4v) is 3.71. The van der Waals surface area contributed by atoms with Crippen molar-refractivity contribution in [1.29, 1.82) is 0 Å². The number of amides is 1. The number of benzene rings is 1. The third-order valence-corrected chi connectivity index (χ3v) is 4.95. The first-order chi connectivity index (χ1) is 10.5. The Labute approximate surface area is 131 Å². The Morgan fingerprint density at radius 1 is 1.41 bits per heavy atom. The van der Waals surface area contributed by atoms with E-state index in [-0.39, 0.29) is 24.2 Å². The Bertz CT molecular complexity index is 701. The minimum absolute atomic E-state index is 0.00675. The molecule has 116 valence electrons. The van der Waals surface area contributed by atoms with E-state index in [0.29, 0.717) is 0 Å². The van der Waals surface area contributed by atoms with E-state index in [4.69, 9.17) is 0 Å². The van der Waals surface area contributed by atoms with Gasteiger partial charge in [-0.2, -0.15) is 0 Å². The molecule has 0 fully saturated rings. The molecule has 2 heterocycles. The van der Waals surface area contributed by atoms with E-state index in [0.717, 1.165) is 25.1 Å². The summed E-state index contributed by atoms with van der Waals surface area (Å²) in [5.41, 5.74) is 1.27. The molecule has 0 bridgehead atoms. The predicted octanol–water partition coefficient (Wildman–Crippen LogP) is 3.58. The Hall–Kier alpha value is -1.79. The van der Waals surface area contributed by atoms with E-state index in [1.807, 2.05) is 0 Å². The highest BCUT2D eigenvalue weighted by Gasteiger charge is 2.26. The van der Waals surface area contributed by atoms with E-state index < -0.39 is 11.6 Å². The Morgan fingerprint density at radius 2 is 2.23 bits per heavy atom. The number of carbonyl (C=O) groups excluding carboxylic acids is 1. The van der Waals surface area contributed by atoms with Crippen LogP contribution in [-0.4, -0.2) is 23.9 Å². The minimum atomic E-state index is -0.764. The van der Waals surface area contributed by atoms with Gasteiger partial charge in [0.15, 0.2) is 0 Å². The Kier molecular flexibility index (Phi) is 4.22. The summed E-state index contributed by atoms with van der Waals surface area (Å²) in [6.45, 7) is 3.05. The summed E-state index contributed by atoms with van der Waals surface area (Å²) in [6, 6.07) is 5.38. The van der Waals surface area contributed by atoms with Gasteiger partial charge in [-0.1, -0.05) is 0 Å². The van der Waals surface area contributed by atoms with Gasteiger partial charge in [-0.25, -0.2) is 8.78 Å². The maximum absolute atomic E-state index is 13.6. The first kappa shape index (κ1) is 15.1. The van der Waals surface area contributed by atoms with Gasteiger partial charge in [0.2, 0.25) is 5.91 Å². The van der Waals surface area contributed by atoms with Crippen LogP contribution in [0.5, 0.6) is 0 Å². The van der Waals surface area contributed by atoms with Crippen LogP contribution in [0.2, 0.25) is 0 Å². The van der Waals surface area contributed by atoms with Crippen LogP contribution in [0.25, 0.3) is 0 Å². The summed E-state index contributed by atoms with van der Waals surface area (Å²) in [5, 5.41) is 4.57. The molecular formula is C16H16F2N2OS. The largest absolute Gasteiger partial charge is 0.322 e. The number of nitrogens with zero attached hydrogens (tertiary/aromatic N) is 1. The van der Waals surface area contributed by atoms with Crippen LogP contribution in [0.15, 0.2) is 29.6 Å². The van der Waals surface area contributed by atoms with Gasteiger partial charge < -0.3 is 5.32 Å². The van der Waals surface area contributed by atoms with Gasteiger partial charge in [0, 0.05) is 23.5 Å². The normalized spacial score (nSPS) is 18.0. The zero-order valence-corrected chi connectivity index (χ0v) is 12.9.